The molecule has 1 aromatic rings. The molecule has 0 aliphatic carbocycles. The monoisotopic (exact) mass is 262 g/mol. The van der Waals surface area contributed by atoms with Crippen LogP contribution >= 0.6 is 0 Å². The maximum Gasteiger partial charge on any atom is 0.235 e. The molecule has 1 atom stereocenters. The van der Waals surface area contributed by atoms with Crippen molar-refractivity contribution in [1.82, 2.24) is 0 Å². The van der Waals surface area contributed by atoms with Crippen LogP contribution in [0.3, 0.4) is 0 Å². The quantitative estimate of drug-likeness (QED) is 0.603. The second-order valence-corrected chi connectivity index (χ2v) is 4.12. The minimum atomic E-state index is -0.336. The van der Waals surface area contributed by atoms with E-state index in [9.17, 15) is 9.59 Å². The van der Waals surface area contributed by atoms with Crippen molar-refractivity contribution >= 4 is 17.7 Å². The van der Waals surface area contributed by atoms with Gasteiger partial charge in [0.2, 0.25) is 12.0 Å². The average Bonchev–Trinajstić information content (AvgIpc) is 2.79. The second kappa shape index (κ2) is 5.54. The summed E-state index contributed by atoms with van der Waals surface area (Å²) in [6.07, 6.45) is 1.71. The number of benzene rings is 1. The lowest BCUT2D eigenvalue weighted by molar-refractivity contribution is -0.117. The van der Waals surface area contributed by atoms with Gasteiger partial charge in [0.1, 0.15) is 11.5 Å². The molecular weight excluding hydrogens is 248 g/mol. The summed E-state index contributed by atoms with van der Waals surface area (Å²) < 4.78 is 10.4. The predicted octanol–water partition coefficient (Wildman–Crippen LogP) is 1.14. The van der Waals surface area contributed by atoms with Gasteiger partial charge in [-0.05, 0) is 12.1 Å². The third-order valence-electron chi connectivity index (χ3n) is 3.02. The summed E-state index contributed by atoms with van der Waals surface area (Å²) in [5.41, 5.74) is 0.650. The van der Waals surface area contributed by atoms with Crippen LogP contribution in [0.4, 0.5) is 5.69 Å². The highest BCUT2D eigenvalue weighted by molar-refractivity contribution is 5.97. The maximum absolute atomic E-state index is 11.9. The van der Waals surface area contributed by atoms with Gasteiger partial charge in [0.05, 0.1) is 32.4 Å². The van der Waals surface area contributed by atoms with Crippen LogP contribution in [-0.2, 0) is 9.59 Å². The van der Waals surface area contributed by atoms with Crippen molar-refractivity contribution in [2.45, 2.75) is 12.5 Å². The Hall–Kier alpha value is -2.33. The third-order valence-corrected chi connectivity index (χ3v) is 3.02. The standard InChI is InChI=1S/C13H14N2O4/c1-18-10-3-4-11(12(6-10)19-2)15-7-9(14-8-16)5-13(15)17/h3-4,6,9H,5,7H2,1-2H3. The molecule has 0 N–H and O–H groups in total. The summed E-state index contributed by atoms with van der Waals surface area (Å²) in [6.45, 7) is 0.358. The minimum Gasteiger partial charge on any atom is -0.497 e. The molecule has 100 valence electrons. The van der Waals surface area contributed by atoms with E-state index >= 15 is 0 Å². The fraction of sp³-hybridized carbons (Fsp3) is 0.385. The Balaban J connectivity index is 2.31. The Labute approximate surface area is 110 Å². The number of anilines is 1. The van der Waals surface area contributed by atoms with Crippen LogP contribution in [0, 0.1) is 0 Å². The number of rotatable bonds is 4. The Morgan fingerprint density at radius 1 is 1.37 bits per heavy atom. The van der Waals surface area contributed by atoms with Crippen LogP contribution < -0.4 is 14.4 Å². The maximum atomic E-state index is 11.9. The van der Waals surface area contributed by atoms with Crippen molar-refractivity contribution in [2.75, 3.05) is 25.7 Å². The second-order valence-electron chi connectivity index (χ2n) is 4.12. The largest absolute Gasteiger partial charge is 0.497 e. The van der Waals surface area contributed by atoms with Crippen LogP contribution in [0.5, 0.6) is 11.5 Å². The minimum absolute atomic E-state index is 0.0903. The molecule has 1 heterocycles. The molecule has 1 saturated heterocycles. The van der Waals surface area contributed by atoms with Crippen LogP contribution in [0.2, 0.25) is 0 Å². The third kappa shape index (κ3) is 2.58. The molecule has 6 nitrogen and oxygen atoms in total. The van der Waals surface area contributed by atoms with Gasteiger partial charge in [-0.25, -0.2) is 9.79 Å². The van der Waals surface area contributed by atoms with E-state index in [2.05, 4.69) is 4.99 Å². The van der Waals surface area contributed by atoms with Gasteiger partial charge in [-0.3, -0.25) is 4.79 Å². The molecule has 0 saturated carbocycles. The fourth-order valence-electron chi connectivity index (χ4n) is 2.09. The van der Waals surface area contributed by atoms with E-state index in [1.54, 1.807) is 30.2 Å². The lowest BCUT2D eigenvalue weighted by Crippen LogP contribution is -2.25. The highest BCUT2D eigenvalue weighted by Crippen LogP contribution is 2.34. The van der Waals surface area contributed by atoms with Crippen molar-refractivity contribution in [3.8, 4) is 11.5 Å². The van der Waals surface area contributed by atoms with Gasteiger partial charge in [-0.1, -0.05) is 0 Å². The van der Waals surface area contributed by atoms with Gasteiger partial charge in [-0.15, -0.1) is 0 Å². The molecule has 1 unspecified atom stereocenters. The summed E-state index contributed by atoms with van der Waals surface area (Å²) in [6, 6.07) is 4.87. The molecule has 1 aliphatic heterocycles. The molecule has 1 amide bonds. The van der Waals surface area contributed by atoms with E-state index in [0.29, 0.717) is 23.7 Å². The van der Waals surface area contributed by atoms with Gasteiger partial charge >= 0.3 is 0 Å². The number of isocyanates is 1. The van der Waals surface area contributed by atoms with Crippen LogP contribution in [0.15, 0.2) is 23.2 Å². The number of hydrogen-bond acceptors (Lipinski definition) is 5. The number of aliphatic imine (C=N–C) groups is 1. The number of carbonyl (C=O) groups is 1. The van der Waals surface area contributed by atoms with Crippen molar-refractivity contribution in [1.29, 1.82) is 0 Å². The molecule has 6 heteroatoms. The molecule has 1 aromatic carbocycles. The molecule has 1 aliphatic rings. The fourth-order valence-corrected chi connectivity index (χ4v) is 2.09. The normalized spacial score (nSPS) is 18.1. The molecule has 0 radical (unpaired) electrons. The van der Waals surface area contributed by atoms with Crippen molar-refractivity contribution < 1.29 is 19.1 Å². The first kappa shape index (κ1) is 13.1. The van der Waals surface area contributed by atoms with E-state index in [-0.39, 0.29) is 18.4 Å². The van der Waals surface area contributed by atoms with Crippen molar-refractivity contribution in [3.05, 3.63) is 18.2 Å². The van der Waals surface area contributed by atoms with Gasteiger partial charge in [0.15, 0.2) is 0 Å². The molecular formula is C13H14N2O4. The van der Waals surface area contributed by atoms with E-state index < -0.39 is 0 Å². The highest BCUT2D eigenvalue weighted by Gasteiger charge is 2.32. The smallest absolute Gasteiger partial charge is 0.235 e. The lowest BCUT2D eigenvalue weighted by Gasteiger charge is -2.19. The van der Waals surface area contributed by atoms with Crippen LogP contribution in [-0.4, -0.2) is 38.8 Å². The summed E-state index contributed by atoms with van der Waals surface area (Å²) >= 11 is 0. The Morgan fingerprint density at radius 3 is 2.79 bits per heavy atom. The first-order chi connectivity index (χ1) is 9.19. The number of carbonyl (C=O) groups excluding carboxylic acids is 2. The molecule has 0 spiro atoms. The zero-order valence-electron chi connectivity index (χ0n) is 10.8. The topological polar surface area (TPSA) is 68.2 Å². The summed E-state index contributed by atoms with van der Waals surface area (Å²) in [4.78, 5) is 27.4. The van der Waals surface area contributed by atoms with Gasteiger partial charge in [0.25, 0.3) is 0 Å². The van der Waals surface area contributed by atoms with E-state index in [1.807, 2.05) is 0 Å². The number of nitrogens with zero attached hydrogens (tertiary/aromatic N) is 2. The molecule has 0 aromatic heterocycles. The Morgan fingerprint density at radius 2 is 2.16 bits per heavy atom. The SMILES string of the molecule is COc1ccc(N2CC(N=C=O)CC2=O)c(OC)c1. The molecule has 0 bridgehead atoms. The average molecular weight is 262 g/mol. The first-order valence-corrected chi connectivity index (χ1v) is 5.79. The summed E-state index contributed by atoms with van der Waals surface area (Å²) in [5.74, 6) is 1.10. The number of methoxy groups -OCH3 is 2. The first-order valence-electron chi connectivity index (χ1n) is 5.79. The predicted molar refractivity (Wildman–Crippen MR) is 68.4 cm³/mol. The van der Waals surface area contributed by atoms with Gasteiger partial charge in [0, 0.05) is 12.6 Å². The number of hydrogen-bond donors (Lipinski definition) is 0. The summed E-state index contributed by atoms with van der Waals surface area (Å²) in [7, 11) is 3.09. The number of amides is 1. The van der Waals surface area contributed by atoms with Crippen molar-refractivity contribution in [3.63, 3.8) is 0 Å². The van der Waals surface area contributed by atoms with Gasteiger partial charge in [-0.2, -0.15) is 0 Å². The Bertz CT molecular complexity index is 537. The highest BCUT2D eigenvalue weighted by atomic mass is 16.5. The van der Waals surface area contributed by atoms with Gasteiger partial charge < -0.3 is 14.4 Å². The number of ether oxygens (including phenoxy) is 2. The molecule has 2 rings (SSSR count). The zero-order chi connectivity index (χ0) is 13.8. The molecule has 19 heavy (non-hydrogen) atoms. The van der Waals surface area contributed by atoms with E-state index in [4.69, 9.17) is 9.47 Å². The summed E-state index contributed by atoms with van der Waals surface area (Å²) in [5, 5.41) is 0. The lowest BCUT2D eigenvalue weighted by atomic mass is 10.2. The van der Waals surface area contributed by atoms with E-state index in [0.717, 1.165) is 0 Å². The Kier molecular flexibility index (Phi) is 3.82. The zero-order valence-corrected chi connectivity index (χ0v) is 10.8. The van der Waals surface area contributed by atoms with Crippen LogP contribution in [0.1, 0.15) is 6.42 Å². The van der Waals surface area contributed by atoms with E-state index in [1.165, 1.54) is 13.2 Å². The van der Waals surface area contributed by atoms with Crippen molar-refractivity contribution in [2.24, 2.45) is 4.99 Å². The molecule has 1 fully saturated rings. The van der Waals surface area contributed by atoms with Crippen LogP contribution in [0.25, 0.3) is 0 Å².